The Hall–Kier alpha value is -2.96. The third-order valence-electron chi connectivity index (χ3n) is 2.68. The number of aromatic nitrogens is 1. The number of nitro benzene ring substituents is 1. The number of benzene rings is 1. The lowest BCUT2D eigenvalue weighted by molar-refractivity contribution is -0.386. The van der Waals surface area contributed by atoms with E-state index < -0.39 is 10.9 Å². The van der Waals surface area contributed by atoms with E-state index in [0.717, 1.165) is 6.07 Å². The Kier molecular flexibility index (Phi) is 4.45. The van der Waals surface area contributed by atoms with E-state index in [4.69, 9.17) is 4.74 Å². The van der Waals surface area contributed by atoms with Crippen LogP contribution in [0.15, 0.2) is 42.6 Å². The first-order valence-corrected chi connectivity index (χ1v) is 6.01. The van der Waals surface area contributed by atoms with E-state index in [2.05, 4.69) is 9.72 Å². The van der Waals surface area contributed by atoms with Crippen LogP contribution in [0.5, 0.6) is 5.75 Å². The molecule has 0 amide bonds. The van der Waals surface area contributed by atoms with Crippen molar-refractivity contribution < 1.29 is 19.2 Å². The van der Waals surface area contributed by atoms with Crippen molar-refractivity contribution in [1.82, 2.24) is 4.98 Å². The predicted octanol–water partition coefficient (Wildman–Crippen LogP) is 2.36. The van der Waals surface area contributed by atoms with Crippen LogP contribution in [0.25, 0.3) is 0 Å². The average molecular weight is 288 g/mol. The zero-order chi connectivity index (χ0) is 15.2. The normalized spacial score (nSPS) is 9.95. The maximum atomic E-state index is 11.4. The molecule has 1 aromatic heterocycles. The van der Waals surface area contributed by atoms with Crippen LogP contribution >= 0.6 is 0 Å². The van der Waals surface area contributed by atoms with Crippen molar-refractivity contribution in [3.05, 3.63) is 64.0 Å². The molecule has 0 aliphatic heterocycles. The van der Waals surface area contributed by atoms with Gasteiger partial charge in [0.1, 0.15) is 6.61 Å². The molecule has 2 rings (SSSR count). The van der Waals surface area contributed by atoms with E-state index in [1.807, 2.05) is 0 Å². The van der Waals surface area contributed by atoms with Gasteiger partial charge in [0.15, 0.2) is 5.75 Å². The Morgan fingerprint density at radius 2 is 2.14 bits per heavy atom. The third-order valence-corrected chi connectivity index (χ3v) is 2.68. The summed E-state index contributed by atoms with van der Waals surface area (Å²) in [5.74, 6) is -0.576. The van der Waals surface area contributed by atoms with Gasteiger partial charge in [-0.2, -0.15) is 0 Å². The molecule has 0 atom stereocenters. The van der Waals surface area contributed by atoms with Gasteiger partial charge in [0.2, 0.25) is 0 Å². The first-order chi connectivity index (χ1) is 10.1. The van der Waals surface area contributed by atoms with E-state index in [-0.39, 0.29) is 23.6 Å². The monoisotopic (exact) mass is 288 g/mol. The zero-order valence-corrected chi connectivity index (χ0v) is 11.2. The number of hydrogen-bond acceptors (Lipinski definition) is 6. The highest BCUT2D eigenvalue weighted by Gasteiger charge is 2.19. The highest BCUT2D eigenvalue weighted by atomic mass is 16.6. The fourth-order valence-electron chi connectivity index (χ4n) is 1.66. The Labute approximate surface area is 120 Å². The summed E-state index contributed by atoms with van der Waals surface area (Å²) in [6.45, 7) is 0.0965. The number of pyridine rings is 1. The number of rotatable bonds is 5. The second kappa shape index (κ2) is 6.47. The predicted molar refractivity (Wildman–Crippen MR) is 73.0 cm³/mol. The summed E-state index contributed by atoms with van der Waals surface area (Å²) >= 11 is 0. The molecule has 2 aromatic rings. The van der Waals surface area contributed by atoms with Crippen LogP contribution in [0.1, 0.15) is 16.1 Å². The molecule has 21 heavy (non-hydrogen) atoms. The molecule has 1 aromatic carbocycles. The average Bonchev–Trinajstić information content (AvgIpc) is 2.52. The lowest BCUT2D eigenvalue weighted by Gasteiger charge is -2.07. The van der Waals surface area contributed by atoms with Crippen LogP contribution in [-0.2, 0) is 11.3 Å². The number of carbonyl (C=O) groups is 1. The summed E-state index contributed by atoms with van der Waals surface area (Å²) in [6, 6.07) is 9.20. The lowest BCUT2D eigenvalue weighted by Crippen LogP contribution is -2.04. The van der Waals surface area contributed by atoms with Gasteiger partial charge in [0.25, 0.3) is 0 Å². The molecule has 0 aliphatic rings. The van der Waals surface area contributed by atoms with Gasteiger partial charge in [-0.1, -0.05) is 6.07 Å². The van der Waals surface area contributed by atoms with E-state index in [0.29, 0.717) is 5.69 Å². The molecular weight excluding hydrogens is 276 g/mol. The minimum absolute atomic E-state index is 0.0679. The largest absolute Gasteiger partial charge is 0.480 e. The summed E-state index contributed by atoms with van der Waals surface area (Å²) in [4.78, 5) is 25.9. The Morgan fingerprint density at radius 1 is 1.33 bits per heavy atom. The number of nitrogens with zero attached hydrogens (tertiary/aromatic N) is 2. The highest BCUT2D eigenvalue weighted by molar-refractivity contribution is 5.90. The molecule has 0 fully saturated rings. The highest BCUT2D eigenvalue weighted by Crippen LogP contribution is 2.28. The summed E-state index contributed by atoms with van der Waals surface area (Å²) < 4.78 is 9.92. The molecule has 0 spiro atoms. The number of carbonyl (C=O) groups excluding carboxylic acids is 1. The van der Waals surface area contributed by atoms with E-state index >= 15 is 0 Å². The fourth-order valence-corrected chi connectivity index (χ4v) is 1.66. The summed E-state index contributed by atoms with van der Waals surface area (Å²) in [5, 5.41) is 11.1. The number of ether oxygens (including phenoxy) is 2. The zero-order valence-electron chi connectivity index (χ0n) is 11.2. The summed E-state index contributed by atoms with van der Waals surface area (Å²) in [6.07, 6.45) is 1.60. The van der Waals surface area contributed by atoms with Crippen molar-refractivity contribution in [2.45, 2.75) is 6.61 Å². The fraction of sp³-hybridized carbons (Fsp3) is 0.143. The van der Waals surface area contributed by atoms with Crippen molar-refractivity contribution in [2.75, 3.05) is 7.11 Å². The summed E-state index contributed by atoms with van der Waals surface area (Å²) in [5.41, 5.74) is 0.437. The van der Waals surface area contributed by atoms with Crippen LogP contribution < -0.4 is 4.74 Å². The van der Waals surface area contributed by atoms with Crippen molar-refractivity contribution in [3.8, 4) is 5.75 Å². The van der Waals surface area contributed by atoms with Gasteiger partial charge in [0.05, 0.1) is 23.3 Å². The number of esters is 1. The lowest BCUT2D eigenvalue weighted by atomic mass is 10.2. The Bertz CT molecular complexity index is 658. The van der Waals surface area contributed by atoms with Crippen LogP contribution in [0.3, 0.4) is 0 Å². The Balaban J connectivity index is 2.22. The Morgan fingerprint density at radius 3 is 2.76 bits per heavy atom. The number of hydrogen-bond donors (Lipinski definition) is 0. The number of nitro groups is 1. The van der Waals surface area contributed by atoms with Gasteiger partial charge >= 0.3 is 11.7 Å². The van der Waals surface area contributed by atoms with E-state index in [1.165, 1.54) is 19.2 Å². The summed E-state index contributed by atoms with van der Waals surface area (Å²) in [7, 11) is 1.21. The molecule has 0 radical (unpaired) electrons. The topological polar surface area (TPSA) is 91.6 Å². The second-order valence-electron chi connectivity index (χ2n) is 4.04. The van der Waals surface area contributed by atoms with Crippen LogP contribution in [-0.4, -0.2) is 23.0 Å². The minimum Gasteiger partial charge on any atom is -0.480 e. The van der Waals surface area contributed by atoms with Gasteiger partial charge in [-0.15, -0.1) is 0 Å². The van der Waals surface area contributed by atoms with Crippen LogP contribution in [0.4, 0.5) is 5.69 Å². The molecule has 0 unspecified atom stereocenters. The molecule has 7 heteroatoms. The third kappa shape index (κ3) is 3.53. The van der Waals surface area contributed by atoms with Crippen LogP contribution in [0, 0.1) is 10.1 Å². The molecular formula is C14H12N2O5. The van der Waals surface area contributed by atoms with Crippen molar-refractivity contribution in [1.29, 1.82) is 0 Å². The molecule has 0 saturated carbocycles. The maximum absolute atomic E-state index is 11.4. The molecule has 1 heterocycles. The van der Waals surface area contributed by atoms with Crippen molar-refractivity contribution in [2.24, 2.45) is 0 Å². The molecule has 7 nitrogen and oxygen atoms in total. The number of methoxy groups -OCH3 is 1. The van der Waals surface area contributed by atoms with E-state index in [1.54, 1.807) is 24.4 Å². The quantitative estimate of drug-likeness (QED) is 0.476. The smallest absolute Gasteiger partial charge is 0.338 e. The minimum atomic E-state index is -0.644. The first kappa shape index (κ1) is 14.4. The van der Waals surface area contributed by atoms with Gasteiger partial charge in [-0.05, 0) is 24.3 Å². The van der Waals surface area contributed by atoms with Gasteiger partial charge < -0.3 is 9.47 Å². The van der Waals surface area contributed by atoms with Crippen LogP contribution in [0.2, 0.25) is 0 Å². The van der Waals surface area contributed by atoms with E-state index in [9.17, 15) is 14.9 Å². The van der Waals surface area contributed by atoms with Crippen molar-refractivity contribution in [3.63, 3.8) is 0 Å². The first-order valence-electron chi connectivity index (χ1n) is 6.01. The van der Waals surface area contributed by atoms with Gasteiger partial charge in [0, 0.05) is 12.3 Å². The van der Waals surface area contributed by atoms with Gasteiger partial charge in [-0.3, -0.25) is 15.1 Å². The standard InChI is InChI=1S/C14H12N2O5/c1-20-14(17)10-5-6-13(12(8-10)16(18)19)21-9-11-4-2-3-7-15-11/h2-8H,9H2,1H3. The van der Waals surface area contributed by atoms with Crippen molar-refractivity contribution >= 4 is 11.7 Å². The van der Waals surface area contributed by atoms with Gasteiger partial charge in [-0.25, -0.2) is 4.79 Å². The molecule has 108 valence electrons. The molecule has 0 aliphatic carbocycles. The SMILES string of the molecule is COC(=O)c1ccc(OCc2ccccn2)c([N+](=O)[O-])c1. The maximum Gasteiger partial charge on any atom is 0.338 e. The molecule has 0 bridgehead atoms. The molecule has 0 N–H and O–H groups in total. The second-order valence-corrected chi connectivity index (χ2v) is 4.04. The molecule has 0 saturated heterocycles.